The van der Waals surface area contributed by atoms with Gasteiger partial charge < -0.3 is 14.2 Å². The molecule has 0 spiro atoms. The smallest absolute Gasteiger partial charge is 0.126 e. The van der Waals surface area contributed by atoms with Crippen molar-refractivity contribution in [2.24, 2.45) is 5.11 Å². The van der Waals surface area contributed by atoms with E-state index in [0.717, 1.165) is 0 Å². The van der Waals surface area contributed by atoms with Crippen LogP contribution in [0.25, 0.3) is 10.4 Å². The van der Waals surface area contributed by atoms with Crippen LogP contribution in [0.4, 0.5) is 0 Å². The van der Waals surface area contributed by atoms with Gasteiger partial charge in [-0.2, -0.15) is 0 Å². The third-order valence-corrected chi connectivity index (χ3v) is 1.97. The molecular formula is C7H12BN3O3. The van der Waals surface area contributed by atoms with E-state index < -0.39 is 0 Å². The largest absolute Gasteiger partial charge is 0.382 e. The fraction of sp³-hybridized carbons (Fsp3) is 1.00. The molecule has 0 aliphatic carbocycles. The number of nitrogens with zero attached hydrogens (tertiary/aromatic N) is 3. The molecule has 0 aromatic carbocycles. The maximum absolute atomic E-state index is 8.06. The molecule has 1 rings (SSSR count). The Hall–Kier alpha value is -0.745. The molecule has 1 saturated heterocycles. The number of hydrogen-bond donors (Lipinski definition) is 0. The first-order valence-corrected chi connectivity index (χ1v) is 4.30. The Labute approximate surface area is 83.5 Å². The molecule has 1 aliphatic rings. The van der Waals surface area contributed by atoms with Crippen molar-refractivity contribution in [1.29, 1.82) is 0 Å². The highest BCUT2D eigenvalue weighted by Crippen LogP contribution is 2.21. The zero-order chi connectivity index (χ0) is 10.4. The van der Waals surface area contributed by atoms with E-state index >= 15 is 0 Å². The van der Waals surface area contributed by atoms with Crippen LogP contribution in [0, 0.1) is 0 Å². The second-order valence-corrected chi connectivity index (χ2v) is 2.97. The Morgan fingerprint density at radius 3 is 3.14 bits per heavy atom. The van der Waals surface area contributed by atoms with Crippen LogP contribution >= 0.6 is 0 Å². The fourth-order valence-electron chi connectivity index (χ4n) is 1.39. The Bertz CT molecular complexity index is 222. The summed E-state index contributed by atoms with van der Waals surface area (Å²) in [4.78, 5) is 2.58. The van der Waals surface area contributed by atoms with E-state index in [0.29, 0.717) is 13.0 Å². The lowest BCUT2D eigenvalue weighted by Gasteiger charge is -2.16. The summed E-state index contributed by atoms with van der Waals surface area (Å²) in [5.41, 5.74) is 8.06. The van der Waals surface area contributed by atoms with Gasteiger partial charge in [-0.3, -0.25) is 0 Å². The minimum Gasteiger partial charge on any atom is -0.382 e. The number of methoxy groups -OCH3 is 1. The van der Waals surface area contributed by atoms with Gasteiger partial charge in [0.2, 0.25) is 0 Å². The van der Waals surface area contributed by atoms with Gasteiger partial charge in [-0.25, -0.2) is 0 Å². The van der Waals surface area contributed by atoms with Gasteiger partial charge in [0.05, 0.1) is 12.7 Å². The van der Waals surface area contributed by atoms with E-state index in [9.17, 15) is 0 Å². The van der Waals surface area contributed by atoms with Crippen molar-refractivity contribution in [3.8, 4) is 0 Å². The van der Waals surface area contributed by atoms with Crippen LogP contribution in [0.1, 0.15) is 6.42 Å². The zero-order valence-corrected chi connectivity index (χ0v) is 8.00. The SMILES string of the molecule is [B][C@H]1CC(OCN=[N+]=[N-])[C@@H](COC)O1. The molecule has 0 amide bonds. The molecule has 6 nitrogen and oxygen atoms in total. The molecule has 7 heteroatoms. The van der Waals surface area contributed by atoms with Crippen molar-refractivity contribution in [2.45, 2.75) is 24.6 Å². The summed E-state index contributed by atoms with van der Waals surface area (Å²) in [6.45, 7) is 0.423. The maximum Gasteiger partial charge on any atom is 0.126 e. The number of azide groups is 1. The van der Waals surface area contributed by atoms with Gasteiger partial charge in [0.25, 0.3) is 0 Å². The average molecular weight is 197 g/mol. The molecule has 1 unspecified atom stereocenters. The Morgan fingerprint density at radius 2 is 2.50 bits per heavy atom. The molecule has 76 valence electrons. The van der Waals surface area contributed by atoms with Crippen LogP contribution in [0.15, 0.2) is 5.11 Å². The summed E-state index contributed by atoms with van der Waals surface area (Å²) in [7, 11) is 7.17. The number of ether oxygens (including phenoxy) is 3. The topological polar surface area (TPSA) is 76.5 Å². The lowest BCUT2D eigenvalue weighted by molar-refractivity contribution is -0.0445. The number of rotatable bonds is 5. The third kappa shape index (κ3) is 3.19. The van der Waals surface area contributed by atoms with Gasteiger partial charge in [-0.1, -0.05) is 5.11 Å². The molecule has 3 atom stereocenters. The van der Waals surface area contributed by atoms with E-state index in [2.05, 4.69) is 10.0 Å². The van der Waals surface area contributed by atoms with Crippen LogP contribution in [0.3, 0.4) is 0 Å². The van der Waals surface area contributed by atoms with Crippen molar-refractivity contribution >= 4 is 7.85 Å². The third-order valence-electron chi connectivity index (χ3n) is 1.97. The van der Waals surface area contributed by atoms with Crippen LogP contribution < -0.4 is 0 Å². The van der Waals surface area contributed by atoms with E-state index in [-0.39, 0.29) is 24.9 Å². The molecular weight excluding hydrogens is 185 g/mol. The molecule has 1 aliphatic heterocycles. The summed E-state index contributed by atoms with van der Waals surface area (Å²) in [5, 5.41) is 3.28. The van der Waals surface area contributed by atoms with Crippen LogP contribution in [-0.2, 0) is 14.2 Å². The van der Waals surface area contributed by atoms with Crippen LogP contribution in [-0.4, -0.2) is 46.5 Å². The Morgan fingerprint density at radius 1 is 1.71 bits per heavy atom. The molecule has 0 bridgehead atoms. The summed E-state index contributed by atoms with van der Waals surface area (Å²) in [5.74, 6) is 0. The van der Waals surface area contributed by atoms with Crippen molar-refractivity contribution in [3.63, 3.8) is 0 Å². The van der Waals surface area contributed by atoms with Crippen molar-refractivity contribution in [2.75, 3.05) is 20.4 Å². The predicted octanol–water partition coefficient (Wildman–Crippen LogP) is 0.569. The summed E-state index contributed by atoms with van der Waals surface area (Å²) >= 11 is 0. The lowest BCUT2D eigenvalue weighted by atomic mass is 9.96. The predicted molar refractivity (Wildman–Crippen MR) is 49.8 cm³/mol. The van der Waals surface area contributed by atoms with E-state index in [1.54, 1.807) is 7.11 Å². The molecule has 14 heavy (non-hydrogen) atoms. The molecule has 1 heterocycles. The quantitative estimate of drug-likeness (QED) is 0.279. The first-order chi connectivity index (χ1) is 6.77. The fourth-order valence-corrected chi connectivity index (χ4v) is 1.39. The van der Waals surface area contributed by atoms with Crippen molar-refractivity contribution in [3.05, 3.63) is 10.4 Å². The number of hydrogen-bond acceptors (Lipinski definition) is 4. The van der Waals surface area contributed by atoms with Crippen LogP contribution in [0.2, 0.25) is 0 Å². The molecule has 0 aromatic heterocycles. The summed E-state index contributed by atoms with van der Waals surface area (Å²) in [6.07, 6.45) is 0.258. The Balaban J connectivity index is 2.36. The highest BCUT2D eigenvalue weighted by molar-refractivity contribution is 6.11. The van der Waals surface area contributed by atoms with Crippen molar-refractivity contribution in [1.82, 2.24) is 0 Å². The summed E-state index contributed by atoms with van der Waals surface area (Å²) in [6, 6.07) is -0.328. The van der Waals surface area contributed by atoms with Gasteiger partial charge in [-0.05, 0) is 12.0 Å². The highest BCUT2D eigenvalue weighted by Gasteiger charge is 2.32. The van der Waals surface area contributed by atoms with Gasteiger partial charge in [-0.15, -0.1) is 0 Å². The zero-order valence-electron chi connectivity index (χ0n) is 8.00. The van der Waals surface area contributed by atoms with Gasteiger partial charge in [0, 0.05) is 18.0 Å². The normalized spacial score (nSPS) is 31.4. The second kappa shape index (κ2) is 5.88. The van der Waals surface area contributed by atoms with E-state index in [1.807, 2.05) is 0 Å². The first-order valence-electron chi connectivity index (χ1n) is 4.30. The molecule has 1 fully saturated rings. The second-order valence-electron chi connectivity index (χ2n) is 2.97. The van der Waals surface area contributed by atoms with Gasteiger partial charge >= 0.3 is 0 Å². The maximum atomic E-state index is 8.06. The monoisotopic (exact) mass is 197 g/mol. The first kappa shape index (κ1) is 11.3. The van der Waals surface area contributed by atoms with Gasteiger partial charge in [0.1, 0.15) is 20.7 Å². The van der Waals surface area contributed by atoms with Crippen LogP contribution in [0.5, 0.6) is 0 Å². The highest BCUT2D eigenvalue weighted by atomic mass is 16.6. The average Bonchev–Trinajstić information content (AvgIpc) is 2.48. The van der Waals surface area contributed by atoms with E-state index in [1.165, 1.54) is 0 Å². The van der Waals surface area contributed by atoms with Gasteiger partial charge in [0.15, 0.2) is 0 Å². The standard InChI is InChI=1S/C7H12BN3O3/c1-12-3-6-5(2-7(8)14-6)13-4-10-11-9/h5-7H,2-4H2,1H3/t5?,6-,7-/m1/s1. The minimum atomic E-state index is -0.328. The van der Waals surface area contributed by atoms with Crippen molar-refractivity contribution < 1.29 is 14.2 Å². The molecule has 0 aromatic rings. The minimum absolute atomic E-state index is 0.00252. The molecule has 0 N–H and O–H groups in total. The van der Waals surface area contributed by atoms with E-state index in [4.69, 9.17) is 27.6 Å². The summed E-state index contributed by atoms with van der Waals surface area (Å²) < 4.78 is 15.6. The Kier molecular flexibility index (Phi) is 4.75. The lowest BCUT2D eigenvalue weighted by Crippen LogP contribution is -2.28. The molecule has 2 radical (unpaired) electrons. The molecule has 0 saturated carbocycles.